The van der Waals surface area contributed by atoms with E-state index >= 15 is 0 Å². The van der Waals surface area contributed by atoms with Crippen LogP contribution in [0, 0.1) is 22.7 Å². The van der Waals surface area contributed by atoms with Crippen molar-refractivity contribution in [2.75, 3.05) is 5.88 Å². The van der Waals surface area contributed by atoms with Gasteiger partial charge < -0.3 is 0 Å². The molecule has 0 aromatic rings. The van der Waals surface area contributed by atoms with Crippen LogP contribution >= 0.6 is 11.6 Å². The van der Waals surface area contributed by atoms with Crippen molar-refractivity contribution in [1.29, 1.82) is 0 Å². The summed E-state index contributed by atoms with van der Waals surface area (Å²) in [5.41, 5.74) is 1.27. The normalized spacial score (nSPS) is 40.8. The first-order chi connectivity index (χ1) is 7.04. The van der Waals surface area contributed by atoms with Gasteiger partial charge >= 0.3 is 0 Å². The third-order valence-electron chi connectivity index (χ3n) is 5.54. The van der Waals surface area contributed by atoms with Gasteiger partial charge in [-0.2, -0.15) is 0 Å². The van der Waals surface area contributed by atoms with Crippen LogP contribution in [0.15, 0.2) is 0 Å². The summed E-state index contributed by atoms with van der Waals surface area (Å²) in [7, 11) is 0. The van der Waals surface area contributed by atoms with E-state index in [0.717, 1.165) is 17.7 Å². The van der Waals surface area contributed by atoms with Crippen molar-refractivity contribution < 1.29 is 0 Å². The molecule has 2 rings (SSSR count). The monoisotopic (exact) mass is 228 g/mol. The third-order valence-corrected chi connectivity index (χ3v) is 5.92. The van der Waals surface area contributed by atoms with E-state index < -0.39 is 0 Å². The highest BCUT2D eigenvalue weighted by Crippen LogP contribution is 2.63. The van der Waals surface area contributed by atoms with E-state index in [4.69, 9.17) is 11.6 Å². The Morgan fingerprint density at radius 2 is 1.87 bits per heavy atom. The van der Waals surface area contributed by atoms with Crippen molar-refractivity contribution >= 4 is 11.6 Å². The lowest BCUT2D eigenvalue weighted by atomic mass is 9.66. The molecule has 0 aromatic carbocycles. The van der Waals surface area contributed by atoms with Crippen LogP contribution in [0.5, 0.6) is 0 Å². The molecule has 0 bridgehead atoms. The minimum Gasteiger partial charge on any atom is -0.126 e. The van der Waals surface area contributed by atoms with E-state index in [1.165, 1.54) is 38.5 Å². The van der Waals surface area contributed by atoms with E-state index in [1.54, 1.807) is 0 Å². The maximum Gasteiger partial charge on any atom is 0.0257 e. The van der Waals surface area contributed by atoms with Gasteiger partial charge in [0.25, 0.3) is 0 Å². The predicted octanol–water partition coefficient (Wildman–Crippen LogP) is 4.86. The molecule has 1 spiro atoms. The average molecular weight is 229 g/mol. The number of alkyl halides is 1. The van der Waals surface area contributed by atoms with Gasteiger partial charge in [-0.15, -0.1) is 11.6 Å². The smallest absolute Gasteiger partial charge is 0.0257 e. The Morgan fingerprint density at radius 3 is 2.27 bits per heavy atom. The second kappa shape index (κ2) is 3.95. The first-order valence-electron chi connectivity index (χ1n) is 6.60. The highest BCUT2D eigenvalue weighted by atomic mass is 35.5. The Labute approximate surface area is 99.8 Å². The van der Waals surface area contributed by atoms with Gasteiger partial charge in [-0.1, -0.05) is 27.2 Å². The molecule has 88 valence electrons. The number of hydrogen-bond acceptors (Lipinski definition) is 0. The van der Waals surface area contributed by atoms with Gasteiger partial charge in [-0.05, 0) is 54.8 Å². The summed E-state index contributed by atoms with van der Waals surface area (Å²) in [6.07, 6.45) is 8.57. The summed E-state index contributed by atoms with van der Waals surface area (Å²) in [6.45, 7) is 7.23. The molecule has 0 N–H and O–H groups in total. The molecular weight excluding hydrogens is 204 g/mol. The largest absolute Gasteiger partial charge is 0.126 e. The minimum atomic E-state index is 0.562. The standard InChI is InChI=1S/C14H25Cl/c1-4-13(2,3)11-5-7-14(8-6-11)9-12(14)10-15/h11-12H,4-10H2,1-3H3. The summed E-state index contributed by atoms with van der Waals surface area (Å²) in [5, 5.41) is 0. The summed E-state index contributed by atoms with van der Waals surface area (Å²) >= 11 is 5.98. The molecule has 2 saturated carbocycles. The molecule has 0 nitrogen and oxygen atoms in total. The first-order valence-corrected chi connectivity index (χ1v) is 7.13. The first kappa shape index (κ1) is 11.8. The minimum absolute atomic E-state index is 0.562. The zero-order valence-electron chi connectivity index (χ0n) is 10.5. The highest BCUT2D eigenvalue weighted by molar-refractivity contribution is 6.18. The lowest BCUT2D eigenvalue weighted by Gasteiger charge is -2.39. The number of halogens is 1. The molecular formula is C14H25Cl. The molecule has 0 aromatic heterocycles. The summed E-state index contributed by atoms with van der Waals surface area (Å²) < 4.78 is 0. The second-order valence-corrected chi connectivity index (χ2v) is 6.84. The van der Waals surface area contributed by atoms with E-state index in [0.29, 0.717) is 10.8 Å². The fraction of sp³-hybridized carbons (Fsp3) is 1.00. The van der Waals surface area contributed by atoms with Crippen LogP contribution in [-0.4, -0.2) is 5.88 Å². The molecule has 1 heteroatoms. The third kappa shape index (κ3) is 2.07. The summed E-state index contributed by atoms with van der Waals surface area (Å²) in [5.74, 6) is 2.73. The van der Waals surface area contributed by atoms with Gasteiger partial charge in [0, 0.05) is 5.88 Å². The molecule has 2 aliphatic carbocycles. The van der Waals surface area contributed by atoms with Crippen molar-refractivity contribution in [2.24, 2.45) is 22.7 Å². The van der Waals surface area contributed by atoms with Crippen molar-refractivity contribution in [2.45, 2.75) is 59.3 Å². The van der Waals surface area contributed by atoms with Crippen LogP contribution in [0.1, 0.15) is 59.3 Å². The lowest BCUT2D eigenvalue weighted by Crippen LogP contribution is -2.29. The molecule has 0 aliphatic heterocycles. The van der Waals surface area contributed by atoms with Crippen molar-refractivity contribution in [3.8, 4) is 0 Å². The summed E-state index contributed by atoms with van der Waals surface area (Å²) in [4.78, 5) is 0. The molecule has 0 heterocycles. The van der Waals surface area contributed by atoms with Gasteiger partial charge in [-0.25, -0.2) is 0 Å². The molecule has 2 aliphatic rings. The maximum absolute atomic E-state index is 5.98. The predicted molar refractivity (Wildman–Crippen MR) is 67.3 cm³/mol. The molecule has 0 amide bonds. The number of hydrogen-bond donors (Lipinski definition) is 0. The van der Waals surface area contributed by atoms with Crippen LogP contribution in [0.25, 0.3) is 0 Å². The Kier molecular flexibility index (Phi) is 3.10. The van der Waals surface area contributed by atoms with Crippen molar-refractivity contribution in [3.63, 3.8) is 0 Å². The van der Waals surface area contributed by atoms with Gasteiger partial charge in [0.2, 0.25) is 0 Å². The Morgan fingerprint density at radius 1 is 1.27 bits per heavy atom. The Bertz CT molecular complexity index is 223. The van der Waals surface area contributed by atoms with Crippen LogP contribution in [0.4, 0.5) is 0 Å². The van der Waals surface area contributed by atoms with Crippen molar-refractivity contribution in [3.05, 3.63) is 0 Å². The molecule has 1 atom stereocenters. The highest BCUT2D eigenvalue weighted by Gasteiger charge is 2.54. The summed E-state index contributed by atoms with van der Waals surface area (Å²) in [6, 6.07) is 0. The van der Waals surface area contributed by atoms with Gasteiger partial charge in [0.05, 0.1) is 0 Å². The van der Waals surface area contributed by atoms with Crippen LogP contribution in [0.2, 0.25) is 0 Å². The maximum atomic E-state index is 5.98. The molecule has 1 unspecified atom stereocenters. The van der Waals surface area contributed by atoms with Crippen LogP contribution < -0.4 is 0 Å². The van der Waals surface area contributed by atoms with E-state index in [-0.39, 0.29) is 0 Å². The zero-order chi connectivity index (χ0) is 11.1. The van der Waals surface area contributed by atoms with E-state index in [9.17, 15) is 0 Å². The number of rotatable bonds is 3. The Balaban J connectivity index is 1.88. The average Bonchev–Trinajstić information content (AvgIpc) is 2.92. The fourth-order valence-corrected chi connectivity index (χ4v) is 3.96. The molecule has 0 saturated heterocycles. The fourth-order valence-electron chi connectivity index (χ4n) is 3.53. The second-order valence-electron chi connectivity index (χ2n) is 6.53. The molecule has 15 heavy (non-hydrogen) atoms. The van der Waals surface area contributed by atoms with Crippen LogP contribution in [-0.2, 0) is 0 Å². The quantitative estimate of drug-likeness (QED) is 0.606. The topological polar surface area (TPSA) is 0 Å². The SMILES string of the molecule is CCC(C)(C)C1CCC2(CC1)CC2CCl. The lowest BCUT2D eigenvalue weighted by molar-refractivity contribution is 0.116. The van der Waals surface area contributed by atoms with Gasteiger partial charge in [0.15, 0.2) is 0 Å². The molecule has 2 fully saturated rings. The Hall–Kier alpha value is 0.290. The molecule has 0 radical (unpaired) electrons. The van der Waals surface area contributed by atoms with Crippen molar-refractivity contribution in [1.82, 2.24) is 0 Å². The van der Waals surface area contributed by atoms with E-state index in [1.807, 2.05) is 0 Å². The van der Waals surface area contributed by atoms with E-state index in [2.05, 4.69) is 20.8 Å². The van der Waals surface area contributed by atoms with Gasteiger partial charge in [0.1, 0.15) is 0 Å². The van der Waals surface area contributed by atoms with Crippen LogP contribution in [0.3, 0.4) is 0 Å². The zero-order valence-corrected chi connectivity index (χ0v) is 11.2. The van der Waals surface area contributed by atoms with Gasteiger partial charge in [-0.3, -0.25) is 0 Å².